The van der Waals surface area contributed by atoms with Gasteiger partial charge in [-0.3, -0.25) is 0 Å². The summed E-state index contributed by atoms with van der Waals surface area (Å²) in [5, 5.41) is 0. The molecule has 0 aliphatic carbocycles. The lowest BCUT2D eigenvalue weighted by molar-refractivity contribution is 0.576. The molecule has 1 atom stereocenters. The molecule has 6 heteroatoms. The molecule has 1 aromatic carbocycles. The van der Waals surface area contributed by atoms with Crippen molar-refractivity contribution in [3.8, 4) is 0 Å². The number of aromatic nitrogens is 2. The minimum absolute atomic E-state index is 0.135. The molecule has 1 unspecified atom stereocenters. The number of rotatable bonds is 3. The predicted octanol–water partition coefficient (Wildman–Crippen LogP) is 2.16. The first-order chi connectivity index (χ1) is 10.5. The van der Waals surface area contributed by atoms with E-state index in [-0.39, 0.29) is 11.8 Å². The Hall–Kier alpha value is -2.37. The van der Waals surface area contributed by atoms with Crippen molar-refractivity contribution in [1.29, 1.82) is 0 Å². The zero-order valence-corrected chi connectivity index (χ0v) is 12.6. The Morgan fingerprint density at radius 1 is 1.27 bits per heavy atom. The van der Waals surface area contributed by atoms with Crippen LogP contribution in [0.5, 0.6) is 0 Å². The fourth-order valence-electron chi connectivity index (χ4n) is 2.94. The minimum Gasteiger partial charge on any atom is -0.383 e. The summed E-state index contributed by atoms with van der Waals surface area (Å²) in [5.41, 5.74) is 13.1. The molecule has 0 amide bonds. The summed E-state index contributed by atoms with van der Waals surface area (Å²) in [6.07, 6.45) is 1.91. The number of halogens is 1. The number of aryl methyl sites for hydroxylation is 1. The van der Waals surface area contributed by atoms with Crippen molar-refractivity contribution in [2.75, 3.05) is 29.5 Å². The molecule has 5 nitrogen and oxygen atoms in total. The maximum Gasteiger partial charge on any atom is 0.223 e. The van der Waals surface area contributed by atoms with Gasteiger partial charge in [0.1, 0.15) is 17.5 Å². The van der Waals surface area contributed by atoms with Crippen LogP contribution < -0.4 is 16.4 Å². The highest BCUT2D eigenvalue weighted by molar-refractivity contribution is 5.51. The van der Waals surface area contributed by atoms with Gasteiger partial charge in [-0.15, -0.1) is 0 Å². The summed E-state index contributed by atoms with van der Waals surface area (Å²) >= 11 is 0. The van der Waals surface area contributed by atoms with E-state index in [1.54, 1.807) is 19.1 Å². The molecule has 1 aromatic heterocycles. The summed E-state index contributed by atoms with van der Waals surface area (Å²) < 4.78 is 13.6. The van der Waals surface area contributed by atoms with E-state index < -0.39 is 0 Å². The first-order valence-electron chi connectivity index (χ1n) is 7.41. The second-order valence-corrected chi connectivity index (χ2v) is 5.90. The molecule has 0 saturated carbocycles. The van der Waals surface area contributed by atoms with E-state index in [9.17, 15) is 4.39 Å². The number of anilines is 3. The molecule has 116 valence electrons. The third-order valence-electron chi connectivity index (χ3n) is 4.12. The van der Waals surface area contributed by atoms with Crippen LogP contribution in [0.2, 0.25) is 0 Å². The molecular formula is C16H20FN5. The second kappa shape index (κ2) is 5.79. The van der Waals surface area contributed by atoms with Crippen LogP contribution >= 0.6 is 0 Å². The highest BCUT2D eigenvalue weighted by atomic mass is 19.1. The van der Waals surface area contributed by atoms with Crippen molar-refractivity contribution in [2.45, 2.75) is 19.8 Å². The van der Waals surface area contributed by atoms with Crippen molar-refractivity contribution < 1.29 is 4.39 Å². The van der Waals surface area contributed by atoms with E-state index in [0.29, 0.717) is 17.3 Å². The molecule has 4 N–H and O–H groups in total. The third-order valence-corrected chi connectivity index (χ3v) is 4.12. The molecule has 1 aliphatic heterocycles. The van der Waals surface area contributed by atoms with Gasteiger partial charge in [0.05, 0.1) is 0 Å². The Morgan fingerprint density at radius 2 is 2.09 bits per heavy atom. The molecule has 1 fully saturated rings. The Bertz CT molecular complexity index is 668. The van der Waals surface area contributed by atoms with Gasteiger partial charge in [0, 0.05) is 19.2 Å². The zero-order valence-electron chi connectivity index (χ0n) is 12.6. The van der Waals surface area contributed by atoms with Crippen LogP contribution in [0, 0.1) is 18.7 Å². The smallest absolute Gasteiger partial charge is 0.223 e. The average molecular weight is 301 g/mol. The van der Waals surface area contributed by atoms with Gasteiger partial charge in [0.15, 0.2) is 0 Å². The Labute approximate surface area is 129 Å². The zero-order chi connectivity index (χ0) is 15.7. The topological polar surface area (TPSA) is 81.1 Å². The Kier molecular flexibility index (Phi) is 3.83. The summed E-state index contributed by atoms with van der Waals surface area (Å²) in [7, 11) is 0. The van der Waals surface area contributed by atoms with E-state index in [0.717, 1.165) is 37.3 Å². The molecule has 1 aliphatic rings. The van der Waals surface area contributed by atoms with E-state index in [1.165, 1.54) is 0 Å². The summed E-state index contributed by atoms with van der Waals surface area (Å²) in [6, 6.07) is 7.22. The Balaban J connectivity index is 1.68. The van der Waals surface area contributed by atoms with Gasteiger partial charge < -0.3 is 16.4 Å². The number of nitrogens with two attached hydrogens (primary N) is 2. The van der Waals surface area contributed by atoms with E-state index >= 15 is 0 Å². The first kappa shape index (κ1) is 14.6. The lowest BCUT2D eigenvalue weighted by atomic mass is 9.98. The van der Waals surface area contributed by atoms with Crippen LogP contribution in [0.15, 0.2) is 24.3 Å². The number of nitrogen functional groups attached to an aromatic ring is 2. The Morgan fingerprint density at radius 3 is 2.82 bits per heavy atom. The molecular weight excluding hydrogens is 281 g/mol. The first-order valence-corrected chi connectivity index (χ1v) is 7.41. The van der Waals surface area contributed by atoms with Crippen LogP contribution in [0.25, 0.3) is 0 Å². The maximum atomic E-state index is 13.6. The van der Waals surface area contributed by atoms with Gasteiger partial charge in [-0.05, 0) is 42.9 Å². The summed E-state index contributed by atoms with van der Waals surface area (Å²) in [6.45, 7) is 3.54. The van der Waals surface area contributed by atoms with Crippen LogP contribution in [0.3, 0.4) is 0 Å². The number of hydrogen-bond acceptors (Lipinski definition) is 5. The average Bonchev–Trinajstić information content (AvgIpc) is 2.90. The summed E-state index contributed by atoms with van der Waals surface area (Å²) in [4.78, 5) is 10.3. The van der Waals surface area contributed by atoms with Gasteiger partial charge in [-0.1, -0.05) is 12.1 Å². The van der Waals surface area contributed by atoms with Crippen molar-refractivity contribution >= 4 is 17.6 Å². The molecule has 0 bridgehead atoms. The monoisotopic (exact) mass is 301 g/mol. The van der Waals surface area contributed by atoms with Gasteiger partial charge in [-0.25, -0.2) is 4.39 Å². The predicted molar refractivity (Wildman–Crippen MR) is 86.0 cm³/mol. The van der Waals surface area contributed by atoms with Gasteiger partial charge in [0.25, 0.3) is 0 Å². The second-order valence-electron chi connectivity index (χ2n) is 5.90. The maximum absolute atomic E-state index is 13.6. The van der Waals surface area contributed by atoms with Crippen molar-refractivity contribution in [2.24, 2.45) is 5.92 Å². The lowest BCUT2D eigenvalue weighted by Gasteiger charge is -2.18. The quantitative estimate of drug-likeness (QED) is 0.908. The van der Waals surface area contributed by atoms with Gasteiger partial charge in [0.2, 0.25) is 5.95 Å². The standard InChI is InChI=1S/C16H20FN5/c1-10-2-3-11(7-13(10)17)6-12-4-5-22(9-12)15-8-14(18)20-16(19)21-15/h2-3,7-8,12H,4-6,9H2,1H3,(H4,18,19,20,21). The molecule has 2 heterocycles. The molecule has 22 heavy (non-hydrogen) atoms. The fraction of sp³-hybridized carbons (Fsp3) is 0.375. The van der Waals surface area contributed by atoms with Crippen molar-refractivity contribution in [1.82, 2.24) is 9.97 Å². The van der Waals surface area contributed by atoms with Crippen molar-refractivity contribution in [3.05, 3.63) is 41.2 Å². The molecule has 1 saturated heterocycles. The van der Waals surface area contributed by atoms with Crippen LogP contribution in [0.4, 0.5) is 22.0 Å². The molecule has 0 spiro atoms. The van der Waals surface area contributed by atoms with Crippen LogP contribution in [-0.4, -0.2) is 23.1 Å². The normalized spacial score (nSPS) is 17.9. The highest BCUT2D eigenvalue weighted by Crippen LogP contribution is 2.26. The number of benzene rings is 1. The van der Waals surface area contributed by atoms with Crippen molar-refractivity contribution in [3.63, 3.8) is 0 Å². The number of hydrogen-bond donors (Lipinski definition) is 2. The highest BCUT2D eigenvalue weighted by Gasteiger charge is 2.24. The lowest BCUT2D eigenvalue weighted by Crippen LogP contribution is -2.22. The molecule has 3 rings (SSSR count). The third kappa shape index (κ3) is 3.10. The summed E-state index contributed by atoms with van der Waals surface area (Å²) in [5.74, 6) is 1.68. The fourth-order valence-corrected chi connectivity index (χ4v) is 2.94. The molecule has 0 radical (unpaired) electrons. The van der Waals surface area contributed by atoms with Crippen LogP contribution in [0.1, 0.15) is 17.5 Å². The van der Waals surface area contributed by atoms with E-state index in [1.807, 2.05) is 12.1 Å². The minimum atomic E-state index is -0.135. The van der Waals surface area contributed by atoms with Gasteiger partial charge in [-0.2, -0.15) is 9.97 Å². The molecule has 2 aromatic rings. The van der Waals surface area contributed by atoms with Gasteiger partial charge >= 0.3 is 0 Å². The van der Waals surface area contributed by atoms with E-state index in [2.05, 4.69) is 14.9 Å². The number of nitrogens with zero attached hydrogens (tertiary/aromatic N) is 3. The SMILES string of the molecule is Cc1ccc(CC2CCN(c3cc(N)nc(N)n3)C2)cc1F. The largest absolute Gasteiger partial charge is 0.383 e. The van der Waals surface area contributed by atoms with Crippen LogP contribution in [-0.2, 0) is 6.42 Å². The van der Waals surface area contributed by atoms with E-state index in [4.69, 9.17) is 11.5 Å².